The Morgan fingerprint density at radius 3 is 1.92 bits per heavy atom. The van der Waals surface area contributed by atoms with E-state index in [-0.39, 0.29) is 44.2 Å². The van der Waals surface area contributed by atoms with Crippen LogP contribution in [0.5, 0.6) is 0 Å². The van der Waals surface area contributed by atoms with Gasteiger partial charge in [0.2, 0.25) is 11.8 Å². The number of carbonyl (C=O) groups is 2. The highest BCUT2D eigenvalue weighted by Gasteiger charge is 2.16. The minimum atomic E-state index is -0.320. The number of nitrogens with zero attached hydrogens (tertiary/aromatic N) is 3. The molecule has 0 spiro atoms. The van der Waals surface area contributed by atoms with Gasteiger partial charge >= 0.3 is 0 Å². The maximum absolute atomic E-state index is 12.1. The molecular weight excluding hydrogens is 316 g/mol. The summed E-state index contributed by atoms with van der Waals surface area (Å²) < 4.78 is 0. The second-order valence-corrected chi connectivity index (χ2v) is 6.20. The molecule has 6 heteroatoms. The van der Waals surface area contributed by atoms with Crippen molar-refractivity contribution >= 4 is 11.8 Å². The summed E-state index contributed by atoms with van der Waals surface area (Å²) in [5.74, 6) is -0.606. The number of nitrogens with one attached hydrogen (secondary N) is 1. The smallest absolute Gasteiger partial charge is 0.232 e. The van der Waals surface area contributed by atoms with Crippen molar-refractivity contribution < 1.29 is 9.59 Å². The fourth-order valence-corrected chi connectivity index (χ4v) is 2.53. The lowest BCUT2D eigenvalue weighted by atomic mass is 10.1. The monoisotopic (exact) mass is 348 g/mol. The van der Waals surface area contributed by atoms with Gasteiger partial charge in [0.25, 0.3) is 0 Å². The number of hydrogen-bond donors (Lipinski definition) is 1. The van der Waals surface area contributed by atoms with E-state index in [1.165, 1.54) is 43.4 Å². The predicted octanol–water partition coefficient (Wildman–Crippen LogP) is 3.29. The van der Waals surface area contributed by atoms with E-state index >= 15 is 0 Å². The molecule has 25 heavy (non-hydrogen) atoms. The molecule has 0 unspecified atom stereocenters. The van der Waals surface area contributed by atoms with Gasteiger partial charge in [-0.25, -0.2) is 0 Å². The van der Waals surface area contributed by atoms with Crippen LogP contribution >= 0.6 is 0 Å². The van der Waals surface area contributed by atoms with Crippen LogP contribution in [0.3, 0.4) is 0 Å². The number of hydrogen-bond acceptors (Lipinski definition) is 4. The van der Waals surface area contributed by atoms with Crippen LogP contribution in [0.15, 0.2) is 0 Å². The molecule has 0 aliphatic rings. The summed E-state index contributed by atoms with van der Waals surface area (Å²) in [6.07, 6.45) is 9.82. The van der Waals surface area contributed by atoms with Gasteiger partial charge in [-0.15, -0.1) is 0 Å². The van der Waals surface area contributed by atoms with E-state index in [1.54, 1.807) is 0 Å². The molecule has 2 amide bonds. The summed E-state index contributed by atoms with van der Waals surface area (Å²) in [5.41, 5.74) is 0. The molecular formula is C19H32N4O2. The molecule has 0 bridgehead atoms. The van der Waals surface area contributed by atoms with Gasteiger partial charge in [0.05, 0.1) is 25.0 Å². The summed E-state index contributed by atoms with van der Waals surface area (Å²) in [7, 11) is 0. The lowest BCUT2D eigenvalue weighted by Crippen LogP contribution is -2.37. The standard InChI is InChI=1S/C19H32N4O2/c1-2-3-4-5-6-7-8-9-14-22-18(24)17-19(25)23(15-10-12-20)16-11-13-21/h2-11,14-17H2,1H3,(H,22,24). The summed E-state index contributed by atoms with van der Waals surface area (Å²) in [6.45, 7) is 3.34. The highest BCUT2D eigenvalue weighted by atomic mass is 16.2. The predicted molar refractivity (Wildman–Crippen MR) is 97.3 cm³/mol. The fraction of sp³-hybridized carbons (Fsp3) is 0.789. The van der Waals surface area contributed by atoms with Crippen molar-refractivity contribution in [3.63, 3.8) is 0 Å². The third-order valence-corrected chi connectivity index (χ3v) is 4.00. The number of carbonyl (C=O) groups excluding carboxylic acids is 2. The van der Waals surface area contributed by atoms with E-state index in [4.69, 9.17) is 10.5 Å². The second kappa shape index (κ2) is 16.8. The Kier molecular flexibility index (Phi) is 15.4. The Labute approximate surface area is 152 Å². The molecule has 1 N–H and O–H groups in total. The van der Waals surface area contributed by atoms with Crippen LogP contribution in [0, 0.1) is 22.7 Å². The average molecular weight is 348 g/mol. The van der Waals surface area contributed by atoms with Crippen LogP contribution < -0.4 is 5.32 Å². The van der Waals surface area contributed by atoms with Gasteiger partial charge in [-0.1, -0.05) is 51.9 Å². The van der Waals surface area contributed by atoms with Crippen LogP contribution in [-0.4, -0.2) is 36.3 Å². The topological polar surface area (TPSA) is 97.0 Å². The first-order valence-corrected chi connectivity index (χ1v) is 9.44. The van der Waals surface area contributed by atoms with E-state index in [1.807, 2.05) is 12.1 Å². The summed E-state index contributed by atoms with van der Waals surface area (Å²) in [5, 5.41) is 20.0. The summed E-state index contributed by atoms with van der Waals surface area (Å²) in [4.78, 5) is 25.3. The molecule has 0 rings (SSSR count). The highest BCUT2D eigenvalue weighted by Crippen LogP contribution is 2.08. The maximum Gasteiger partial charge on any atom is 0.232 e. The highest BCUT2D eigenvalue weighted by molar-refractivity contribution is 5.96. The lowest BCUT2D eigenvalue weighted by Gasteiger charge is -2.20. The van der Waals surface area contributed by atoms with E-state index in [9.17, 15) is 9.59 Å². The minimum absolute atomic E-state index is 0.205. The zero-order chi connectivity index (χ0) is 18.8. The van der Waals surface area contributed by atoms with Gasteiger partial charge < -0.3 is 10.2 Å². The molecule has 0 saturated carbocycles. The van der Waals surface area contributed by atoms with E-state index in [0.717, 1.165) is 12.8 Å². The molecule has 0 fully saturated rings. The first-order chi connectivity index (χ1) is 12.2. The zero-order valence-electron chi connectivity index (χ0n) is 15.6. The van der Waals surface area contributed by atoms with Crippen molar-refractivity contribution in [3.05, 3.63) is 0 Å². The lowest BCUT2D eigenvalue weighted by molar-refractivity contribution is -0.136. The van der Waals surface area contributed by atoms with Crippen molar-refractivity contribution in [3.8, 4) is 12.1 Å². The second-order valence-electron chi connectivity index (χ2n) is 6.20. The zero-order valence-corrected chi connectivity index (χ0v) is 15.6. The van der Waals surface area contributed by atoms with E-state index in [0.29, 0.717) is 6.54 Å². The molecule has 6 nitrogen and oxygen atoms in total. The van der Waals surface area contributed by atoms with Gasteiger partial charge in [0.1, 0.15) is 6.42 Å². The van der Waals surface area contributed by atoms with Crippen molar-refractivity contribution in [1.82, 2.24) is 10.2 Å². The van der Waals surface area contributed by atoms with Crippen molar-refractivity contribution in [2.75, 3.05) is 19.6 Å². The normalized spacial score (nSPS) is 9.88. The number of unbranched alkanes of at least 4 members (excludes halogenated alkanes) is 7. The minimum Gasteiger partial charge on any atom is -0.356 e. The summed E-state index contributed by atoms with van der Waals surface area (Å²) in [6, 6.07) is 3.95. The molecule has 0 heterocycles. The van der Waals surface area contributed by atoms with Gasteiger partial charge in [0.15, 0.2) is 0 Å². The Bertz CT molecular complexity index is 433. The van der Waals surface area contributed by atoms with Gasteiger partial charge in [-0.05, 0) is 6.42 Å². The SMILES string of the molecule is CCCCCCCCCCNC(=O)CC(=O)N(CCC#N)CCC#N. The molecule has 0 saturated heterocycles. The average Bonchev–Trinajstić information content (AvgIpc) is 2.60. The van der Waals surface area contributed by atoms with Crippen LogP contribution in [-0.2, 0) is 9.59 Å². The van der Waals surface area contributed by atoms with Crippen molar-refractivity contribution in [2.45, 2.75) is 77.6 Å². The van der Waals surface area contributed by atoms with Crippen LogP contribution in [0.25, 0.3) is 0 Å². The Morgan fingerprint density at radius 2 is 1.40 bits per heavy atom. The van der Waals surface area contributed by atoms with Gasteiger partial charge in [-0.3, -0.25) is 9.59 Å². The van der Waals surface area contributed by atoms with Gasteiger partial charge in [0, 0.05) is 19.6 Å². The molecule has 0 atom stereocenters. The van der Waals surface area contributed by atoms with Crippen LogP contribution in [0.2, 0.25) is 0 Å². The van der Waals surface area contributed by atoms with E-state index in [2.05, 4.69) is 12.2 Å². The molecule has 0 aromatic heterocycles. The summed E-state index contributed by atoms with van der Waals surface area (Å²) >= 11 is 0. The molecule has 0 aliphatic heterocycles. The first kappa shape index (κ1) is 22.9. The Morgan fingerprint density at radius 1 is 0.880 bits per heavy atom. The Hall–Kier alpha value is -2.08. The van der Waals surface area contributed by atoms with Crippen molar-refractivity contribution in [1.29, 1.82) is 10.5 Å². The maximum atomic E-state index is 12.1. The Balaban J connectivity index is 3.82. The molecule has 0 aliphatic carbocycles. The third-order valence-electron chi connectivity index (χ3n) is 4.00. The number of nitriles is 2. The number of amides is 2. The van der Waals surface area contributed by atoms with Crippen LogP contribution in [0.1, 0.15) is 77.6 Å². The first-order valence-electron chi connectivity index (χ1n) is 9.44. The largest absolute Gasteiger partial charge is 0.356 e. The quantitative estimate of drug-likeness (QED) is 0.363. The van der Waals surface area contributed by atoms with Crippen molar-refractivity contribution in [2.24, 2.45) is 0 Å². The molecule has 0 aromatic carbocycles. The molecule has 0 aromatic rings. The third kappa shape index (κ3) is 14.0. The molecule has 140 valence electrons. The fourth-order valence-electron chi connectivity index (χ4n) is 2.53. The van der Waals surface area contributed by atoms with Crippen LogP contribution in [0.4, 0.5) is 0 Å². The molecule has 0 radical (unpaired) electrons. The number of rotatable bonds is 15. The van der Waals surface area contributed by atoms with Gasteiger partial charge in [-0.2, -0.15) is 10.5 Å². The van der Waals surface area contributed by atoms with E-state index < -0.39 is 0 Å².